The van der Waals surface area contributed by atoms with Crippen molar-refractivity contribution in [3.8, 4) is 0 Å². The van der Waals surface area contributed by atoms with Gasteiger partial charge in [0.25, 0.3) is 11.5 Å². The molecule has 7 rings (SSSR count). The summed E-state index contributed by atoms with van der Waals surface area (Å²) in [6.07, 6.45) is 5.91. The van der Waals surface area contributed by atoms with Crippen LogP contribution in [0, 0.1) is 11.7 Å². The number of piperidine rings is 1. The highest BCUT2D eigenvalue weighted by Gasteiger charge is 2.39. The van der Waals surface area contributed by atoms with Crippen molar-refractivity contribution >= 4 is 32.4 Å². The largest absolute Gasteiger partial charge is 0.365 e. The van der Waals surface area contributed by atoms with Gasteiger partial charge in [-0.15, -0.1) is 0 Å². The van der Waals surface area contributed by atoms with Gasteiger partial charge in [0.05, 0.1) is 28.5 Å². The third kappa shape index (κ3) is 6.84. The van der Waals surface area contributed by atoms with Crippen molar-refractivity contribution in [3.63, 3.8) is 0 Å². The second-order valence-electron chi connectivity index (χ2n) is 12.8. The van der Waals surface area contributed by atoms with Crippen molar-refractivity contribution in [1.29, 1.82) is 0 Å². The number of sulfone groups is 1. The van der Waals surface area contributed by atoms with Crippen LogP contribution in [0.4, 0.5) is 24.7 Å². The quantitative estimate of drug-likeness (QED) is 0.390. The van der Waals surface area contributed by atoms with Gasteiger partial charge in [0.1, 0.15) is 29.3 Å². The normalized spacial score (nSPS) is 25.9. The van der Waals surface area contributed by atoms with Gasteiger partial charge in [0, 0.05) is 31.6 Å². The number of benzene rings is 1. The van der Waals surface area contributed by atoms with Crippen molar-refractivity contribution in [1.82, 2.24) is 19.4 Å². The monoisotopic (exact) mass is 646 g/mol. The molecule has 4 aliphatic rings. The molecule has 3 aromatic rings. The Bertz CT molecular complexity index is 1690. The van der Waals surface area contributed by atoms with Crippen molar-refractivity contribution < 1.29 is 21.6 Å². The number of nitrogens with one attached hydrogen (secondary N) is 1. The Hall–Kier alpha value is -3.19. The first-order valence-corrected chi connectivity index (χ1v) is 17.8. The first-order valence-electron chi connectivity index (χ1n) is 16.0. The first kappa shape index (κ1) is 31.8. The molecule has 0 spiro atoms. The minimum Gasteiger partial charge on any atom is -0.365 e. The molecule has 8 bridgehead atoms. The molecule has 0 aliphatic carbocycles. The van der Waals surface area contributed by atoms with E-state index >= 15 is 13.2 Å². The van der Waals surface area contributed by atoms with E-state index in [2.05, 4.69) is 20.2 Å². The van der Waals surface area contributed by atoms with E-state index in [1.807, 2.05) is 0 Å². The summed E-state index contributed by atoms with van der Waals surface area (Å²) in [4.78, 5) is 26.9. The Morgan fingerprint density at radius 3 is 2.40 bits per heavy atom. The maximum atomic E-state index is 15.9. The summed E-state index contributed by atoms with van der Waals surface area (Å²) in [5.74, 6) is -4.17. The predicted molar refractivity (Wildman–Crippen MR) is 169 cm³/mol. The van der Waals surface area contributed by atoms with Crippen molar-refractivity contribution in [2.75, 3.05) is 54.4 Å². The number of aromatic nitrogens is 3. The van der Waals surface area contributed by atoms with Crippen molar-refractivity contribution in [2.24, 2.45) is 5.92 Å². The second-order valence-corrected chi connectivity index (χ2v) is 15.1. The summed E-state index contributed by atoms with van der Waals surface area (Å²) >= 11 is 0. The van der Waals surface area contributed by atoms with Crippen LogP contribution in [0.5, 0.6) is 0 Å². The third-order valence-corrected chi connectivity index (χ3v) is 11.3. The fourth-order valence-electron chi connectivity index (χ4n) is 6.96. The summed E-state index contributed by atoms with van der Waals surface area (Å²) < 4.78 is 73.0. The maximum absolute atomic E-state index is 15.9. The van der Waals surface area contributed by atoms with Gasteiger partial charge in [0.2, 0.25) is 0 Å². The van der Waals surface area contributed by atoms with Gasteiger partial charge in [-0.25, -0.2) is 31.6 Å². The molecule has 1 N–H and O–H groups in total. The van der Waals surface area contributed by atoms with Crippen LogP contribution in [-0.4, -0.2) is 72.1 Å². The molecule has 2 fully saturated rings. The molecule has 244 valence electrons. The fraction of sp³-hybridized carbons (Fsp3) is 0.594. The molecule has 6 heterocycles. The molecule has 45 heavy (non-hydrogen) atoms. The minimum atomic E-state index is -3.31. The van der Waals surface area contributed by atoms with E-state index in [1.54, 1.807) is 22.5 Å². The number of anilines is 2. The number of hydrogen-bond acceptors (Lipinski definition) is 8. The van der Waals surface area contributed by atoms with Gasteiger partial charge in [-0.2, -0.15) is 0 Å². The number of aryl methyl sites for hydroxylation is 1. The Kier molecular flexibility index (Phi) is 9.11. The molecule has 0 saturated carbocycles. The predicted octanol–water partition coefficient (Wildman–Crippen LogP) is 5.11. The van der Waals surface area contributed by atoms with Crippen molar-refractivity contribution in [3.05, 3.63) is 57.9 Å². The van der Waals surface area contributed by atoms with Gasteiger partial charge in [-0.1, -0.05) is 31.0 Å². The molecule has 13 heteroatoms. The summed E-state index contributed by atoms with van der Waals surface area (Å²) in [7, 11) is -3.17. The molecule has 9 nitrogen and oxygen atoms in total. The zero-order chi connectivity index (χ0) is 31.8. The number of alkyl halides is 2. The molecule has 0 radical (unpaired) electrons. The second kappa shape index (κ2) is 12.9. The van der Waals surface area contributed by atoms with E-state index < -0.39 is 33.2 Å². The molecule has 4 aliphatic heterocycles. The highest BCUT2D eigenvalue weighted by Crippen LogP contribution is 2.41. The average molecular weight is 647 g/mol. The summed E-state index contributed by atoms with van der Waals surface area (Å²) in [6, 6.07) is 5.08. The molecular formula is C32H41F3N6O3S. The van der Waals surface area contributed by atoms with Crippen molar-refractivity contribution in [2.45, 2.75) is 70.4 Å². The zero-order valence-electron chi connectivity index (χ0n) is 25.7. The molecule has 0 amide bonds. The van der Waals surface area contributed by atoms with E-state index in [1.165, 1.54) is 24.5 Å². The Morgan fingerprint density at radius 1 is 0.956 bits per heavy atom. The standard InChI is InChI=1S/C32H41F3N6O3S/c1-22-24-7-6-8-26(28(24)33)32(34,35)20-23-9-13-39(14-10-23)11-4-2-3-5-12-41-30-25(29(38-22)36-21-37-30)19-27(31(41)42)40-15-17-45(43,44)18-16-40/h6-8,19,21-23H,2-5,9-18,20H2,1H3,(H,36,37,38)/t22-/m0/s1. The van der Waals surface area contributed by atoms with E-state index in [-0.39, 0.29) is 48.1 Å². The van der Waals surface area contributed by atoms with Gasteiger partial charge in [-0.05, 0) is 64.2 Å². The van der Waals surface area contributed by atoms with Gasteiger partial charge < -0.3 is 15.1 Å². The molecular weight excluding hydrogens is 605 g/mol. The van der Waals surface area contributed by atoms with E-state index in [9.17, 15) is 13.2 Å². The number of rotatable bonds is 1. The van der Waals surface area contributed by atoms with Gasteiger partial charge in [0.15, 0.2) is 9.84 Å². The van der Waals surface area contributed by atoms with Crippen LogP contribution in [0.15, 0.2) is 35.4 Å². The molecule has 2 saturated heterocycles. The summed E-state index contributed by atoms with van der Waals surface area (Å²) in [5.41, 5.74) is 0.0207. The molecule has 1 atom stereocenters. The number of halogens is 3. The lowest BCUT2D eigenvalue weighted by Gasteiger charge is -2.34. The van der Waals surface area contributed by atoms with Crippen LogP contribution in [0.3, 0.4) is 0 Å². The van der Waals surface area contributed by atoms with E-state index in [0.717, 1.165) is 45.3 Å². The lowest BCUT2D eigenvalue weighted by Crippen LogP contribution is -2.43. The summed E-state index contributed by atoms with van der Waals surface area (Å²) in [6.45, 7) is 4.92. The lowest BCUT2D eigenvalue weighted by molar-refractivity contribution is -0.0401. The minimum absolute atomic E-state index is 0.0457. The van der Waals surface area contributed by atoms with Gasteiger partial charge in [-0.3, -0.25) is 9.36 Å². The Balaban J connectivity index is 1.41. The number of nitrogens with zero attached hydrogens (tertiary/aromatic N) is 5. The van der Waals surface area contributed by atoms with E-state index in [0.29, 0.717) is 41.9 Å². The zero-order valence-corrected chi connectivity index (χ0v) is 26.5. The number of hydrogen-bond donors (Lipinski definition) is 1. The number of pyridine rings is 1. The smallest absolute Gasteiger partial charge is 0.276 e. The molecule has 2 aromatic heterocycles. The highest BCUT2D eigenvalue weighted by atomic mass is 32.2. The first-order chi connectivity index (χ1) is 21.5. The molecule has 1 aromatic carbocycles. The average Bonchev–Trinajstić information content (AvgIpc) is 3.00. The van der Waals surface area contributed by atoms with Crippen LogP contribution < -0.4 is 15.8 Å². The topological polar surface area (TPSA) is 100 Å². The number of fused-ring (bicyclic) bond motifs is 9. The highest BCUT2D eigenvalue weighted by molar-refractivity contribution is 7.91. The third-order valence-electron chi connectivity index (χ3n) is 9.65. The van der Waals surface area contributed by atoms with E-state index in [4.69, 9.17) is 0 Å². The summed E-state index contributed by atoms with van der Waals surface area (Å²) in [5, 5.41) is 3.72. The fourth-order valence-corrected chi connectivity index (χ4v) is 8.17. The van der Waals surface area contributed by atoms with Crippen LogP contribution in [0.1, 0.15) is 69.0 Å². The lowest BCUT2D eigenvalue weighted by atomic mass is 9.87. The van der Waals surface area contributed by atoms with Crippen LogP contribution in [-0.2, 0) is 22.3 Å². The Morgan fingerprint density at radius 2 is 1.67 bits per heavy atom. The van der Waals surface area contributed by atoms with Gasteiger partial charge >= 0.3 is 0 Å². The molecule has 0 unspecified atom stereocenters. The SMILES string of the molecule is C[C@@H]1Nc2ncnc3c2cc(N2CCS(=O)(=O)CC2)c(=O)n3CCCCCCN2CCC(CC2)CC(F)(F)c2cccc1c2F. The maximum Gasteiger partial charge on any atom is 0.276 e. The Labute approximate surface area is 261 Å². The van der Waals surface area contributed by atoms with Crippen LogP contribution in [0.2, 0.25) is 0 Å². The van der Waals surface area contributed by atoms with Crippen LogP contribution >= 0.6 is 0 Å². The van der Waals surface area contributed by atoms with Crippen LogP contribution in [0.25, 0.3) is 11.0 Å².